The Morgan fingerprint density at radius 2 is 0.880 bits per heavy atom. The van der Waals surface area contributed by atoms with E-state index in [0.29, 0.717) is 26.1 Å². The molecule has 2 aromatic rings. The minimum atomic E-state index is -0.456. The first-order valence-electron chi connectivity index (χ1n) is 6.79. The molecule has 0 saturated carbocycles. The molecule has 0 unspecified atom stereocenters. The molecule has 0 radical (unpaired) electrons. The van der Waals surface area contributed by atoms with Crippen molar-refractivity contribution in [1.82, 2.24) is 0 Å². The normalized spacial score (nSPS) is 9.04. The number of hydrogen-bond acceptors (Lipinski definition) is 0. The Kier molecular flexibility index (Phi) is 22.2. The number of benzene rings is 2. The van der Waals surface area contributed by atoms with Gasteiger partial charge in [-0.2, -0.15) is 0 Å². The van der Waals surface area contributed by atoms with Crippen LogP contribution < -0.4 is 13.3 Å². The molecule has 0 spiro atoms. The summed E-state index contributed by atoms with van der Waals surface area (Å²) in [6, 6.07) is 7.79. The standard InChI is InChI=1S/2C8H8F2.I3.I2/c2*1-2-6-7(9)4-3-5-8(6)10;1-3-2;1-2/h2*3-5H,2H2,1H3;;/q;;-1;. The van der Waals surface area contributed by atoms with Crippen LogP contribution in [0.1, 0.15) is 25.0 Å². The summed E-state index contributed by atoms with van der Waals surface area (Å²) >= 11 is 9.54. The summed E-state index contributed by atoms with van der Waals surface area (Å²) in [5.74, 6) is -1.82. The van der Waals surface area contributed by atoms with E-state index in [1.54, 1.807) is 13.8 Å². The van der Waals surface area contributed by atoms with E-state index in [1.165, 1.54) is 36.4 Å². The first kappa shape index (κ1) is 29.0. The summed E-state index contributed by atoms with van der Waals surface area (Å²) in [4.78, 5) is 0. The summed E-state index contributed by atoms with van der Waals surface area (Å²) < 4.78 is 50.4. The molecule has 2 rings (SSSR count). The second-order valence-corrected chi connectivity index (χ2v) is 20.4. The van der Waals surface area contributed by atoms with Crippen LogP contribution in [0.15, 0.2) is 36.4 Å². The summed E-state index contributed by atoms with van der Waals surface area (Å²) in [7, 11) is 0. The van der Waals surface area contributed by atoms with Crippen molar-refractivity contribution < 1.29 is 30.8 Å². The number of halogens is 9. The molecule has 0 atom stereocenters. The Bertz CT molecular complexity index is 505. The third kappa shape index (κ3) is 12.8. The van der Waals surface area contributed by atoms with E-state index < -0.39 is 23.3 Å². The zero-order chi connectivity index (χ0) is 19.8. The molecule has 0 aliphatic carbocycles. The molecule has 144 valence electrons. The van der Waals surface area contributed by atoms with E-state index in [2.05, 4.69) is 74.5 Å². The Hall–Kier alpha value is 1.81. The third-order valence-corrected chi connectivity index (χ3v) is 2.83. The van der Waals surface area contributed by atoms with E-state index in [-0.39, 0.29) is 11.1 Å². The Morgan fingerprint density at radius 3 is 1.00 bits per heavy atom. The van der Waals surface area contributed by atoms with Crippen molar-refractivity contribution in [1.29, 1.82) is 0 Å². The third-order valence-electron chi connectivity index (χ3n) is 2.83. The van der Waals surface area contributed by atoms with Gasteiger partial charge in [0.2, 0.25) is 0 Å². The average Bonchev–Trinajstić information content (AvgIpc) is 2.58. The van der Waals surface area contributed by atoms with Crippen molar-refractivity contribution in [2.75, 3.05) is 0 Å². The van der Waals surface area contributed by atoms with Gasteiger partial charge in [-0.25, -0.2) is 17.6 Å². The number of rotatable bonds is 2. The van der Waals surface area contributed by atoms with E-state index in [0.717, 1.165) is 0 Å². The monoisotopic (exact) mass is 919 g/mol. The fraction of sp³-hybridized carbons (Fsp3) is 0.250. The molecule has 2 aromatic carbocycles. The van der Waals surface area contributed by atoms with Crippen LogP contribution in [0.25, 0.3) is 0 Å². The molecule has 0 N–H and O–H groups in total. The molecule has 0 fully saturated rings. The van der Waals surface area contributed by atoms with Crippen LogP contribution in [-0.2, 0) is 12.8 Å². The zero-order valence-corrected chi connectivity index (χ0v) is 24.1. The van der Waals surface area contributed by atoms with Crippen molar-refractivity contribution in [3.8, 4) is 0 Å². The molecule has 0 bridgehead atoms. The first-order chi connectivity index (χ1) is 11.9. The molecule has 0 saturated heterocycles. The van der Waals surface area contributed by atoms with E-state index in [4.69, 9.17) is 0 Å². The molecule has 0 aromatic heterocycles. The SMILES string of the molecule is CCc1c(F)cccc1F.CCc1c(F)cccc1F.II.I[I-]I. The van der Waals surface area contributed by atoms with Gasteiger partial charge < -0.3 is 0 Å². The van der Waals surface area contributed by atoms with Crippen LogP contribution in [0.2, 0.25) is 0 Å². The molecule has 0 heterocycles. The van der Waals surface area contributed by atoms with Gasteiger partial charge >= 0.3 is 50.5 Å². The van der Waals surface area contributed by atoms with Crippen LogP contribution in [0.5, 0.6) is 0 Å². The minimum absolute atomic E-state index is 0.169. The van der Waals surface area contributed by atoms with Crippen molar-refractivity contribution in [2.24, 2.45) is 0 Å². The molecule has 9 heteroatoms. The van der Waals surface area contributed by atoms with E-state index in [1.807, 2.05) is 0 Å². The van der Waals surface area contributed by atoms with Crippen molar-refractivity contribution in [3.63, 3.8) is 0 Å². The first-order valence-corrected chi connectivity index (χ1v) is 25.7. The predicted octanol–water partition coefficient (Wildman–Crippen LogP) is 5.60. The average molecular weight is 919 g/mol. The van der Waals surface area contributed by atoms with Gasteiger partial charge in [-0.3, -0.25) is 0 Å². The molecule has 0 aliphatic heterocycles. The van der Waals surface area contributed by atoms with Crippen LogP contribution >= 0.6 is 74.5 Å². The van der Waals surface area contributed by atoms with Gasteiger partial charge in [0.1, 0.15) is 23.3 Å². The van der Waals surface area contributed by atoms with Crippen LogP contribution in [-0.4, -0.2) is 0 Å². The molecular formula is C16H16F4I5-. The zero-order valence-electron chi connectivity index (χ0n) is 13.3. The van der Waals surface area contributed by atoms with Crippen molar-refractivity contribution >= 4 is 74.5 Å². The fourth-order valence-corrected chi connectivity index (χ4v) is 1.74. The molecule has 0 aliphatic rings. The van der Waals surface area contributed by atoms with Crippen LogP contribution in [0.4, 0.5) is 17.6 Å². The predicted molar refractivity (Wildman–Crippen MR) is 128 cm³/mol. The summed E-state index contributed by atoms with van der Waals surface area (Å²) in [6.07, 6.45) is 0.803. The second kappa shape index (κ2) is 19.1. The van der Waals surface area contributed by atoms with Crippen LogP contribution in [0, 0.1) is 23.3 Å². The van der Waals surface area contributed by atoms with Gasteiger partial charge in [-0.1, -0.05) is 26.0 Å². The van der Waals surface area contributed by atoms with Crippen molar-refractivity contribution in [2.45, 2.75) is 26.7 Å². The fourth-order valence-electron chi connectivity index (χ4n) is 1.74. The quantitative estimate of drug-likeness (QED) is 0.272. The maximum atomic E-state index is 12.6. The molecule has 0 amide bonds. The van der Waals surface area contributed by atoms with E-state index in [9.17, 15) is 17.6 Å². The summed E-state index contributed by atoms with van der Waals surface area (Å²) in [5.41, 5.74) is 0.338. The second-order valence-electron chi connectivity index (χ2n) is 4.16. The summed E-state index contributed by atoms with van der Waals surface area (Å²) in [5, 5.41) is 0. The number of hydrogen-bond donors (Lipinski definition) is 0. The van der Waals surface area contributed by atoms with Gasteiger partial charge in [0.15, 0.2) is 0 Å². The Balaban J connectivity index is 0. The Labute approximate surface area is 199 Å². The van der Waals surface area contributed by atoms with Crippen LogP contribution in [0.3, 0.4) is 0 Å². The maximum absolute atomic E-state index is 12.6. The molecule has 25 heavy (non-hydrogen) atoms. The van der Waals surface area contributed by atoms with Crippen molar-refractivity contribution in [3.05, 3.63) is 70.8 Å². The Morgan fingerprint density at radius 1 is 0.680 bits per heavy atom. The van der Waals surface area contributed by atoms with Gasteiger partial charge in [0, 0.05) is 48.4 Å². The van der Waals surface area contributed by atoms with E-state index >= 15 is 0 Å². The van der Waals surface area contributed by atoms with Gasteiger partial charge in [-0.15, -0.1) is 0 Å². The van der Waals surface area contributed by atoms with Gasteiger partial charge in [-0.05, 0) is 37.1 Å². The summed E-state index contributed by atoms with van der Waals surface area (Å²) in [6.45, 7) is 3.45. The topological polar surface area (TPSA) is 0 Å². The molecule has 0 nitrogen and oxygen atoms in total. The van der Waals surface area contributed by atoms with Gasteiger partial charge in [0.25, 0.3) is 0 Å². The van der Waals surface area contributed by atoms with Gasteiger partial charge in [0.05, 0.1) is 0 Å². The molecular weight excluding hydrogens is 903 g/mol.